The molecule has 0 rings (SSSR count). The maximum atomic E-state index is 10.6. The van der Waals surface area contributed by atoms with Gasteiger partial charge in [0.05, 0.1) is 0 Å². The first-order valence-corrected chi connectivity index (χ1v) is 4.20. The van der Waals surface area contributed by atoms with E-state index >= 15 is 0 Å². The van der Waals surface area contributed by atoms with E-state index in [2.05, 4.69) is 4.99 Å². The number of hydrogen-bond acceptors (Lipinski definition) is 2. The van der Waals surface area contributed by atoms with E-state index in [-0.39, 0.29) is 5.78 Å². The van der Waals surface area contributed by atoms with Crippen molar-refractivity contribution in [1.29, 1.82) is 0 Å². The quantitative estimate of drug-likeness (QED) is 0.592. The first-order chi connectivity index (χ1) is 5.52. The van der Waals surface area contributed by atoms with E-state index in [1.165, 1.54) is 0 Å². The second-order valence-corrected chi connectivity index (χ2v) is 3.15. The molecule has 0 aromatic rings. The van der Waals surface area contributed by atoms with Crippen LogP contribution in [0.1, 0.15) is 40.5 Å². The van der Waals surface area contributed by atoms with Gasteiger partial charge in [-0.25, -0.2) is 0 Å². The third kappa shape index (κ3) is 7.19. The van der Waals surface area contributed by atoms with E-state index in [9.17, 15) is 4.79 Å². The number of carbonyl (C=O) groups excluding carboxylic acids is 1. The Morgan fingerprint density at radius 2 is 1.83 bits per heavy atom. The summed E-state index contributed by atoms with van der Waals surface area (Å²) in [5.74, 6) is 0.233. The summed E-state index contributed by atoms with van der Waals surface area (Å²) in [6.07, 6.45) is 3.42. The zero-order chi connectivity index (χ0) is 9.56. The minimum absolute atomic E-state index is 0.233. The van der Waals surface area contributed by atoms with Crippen LogP contribution in [0.15, 0.2) is 16.8 Å². The van der Waals surface area contributed by atoms with Crippen molar-refractivity contribution in [2.75, 3.05) is 0 Å². The predicted molar refractivity (Wildman–Crippen MR) is 52.5 cm³/mol. The summed E-state index contributed by atoms with van der Waals surface area (Å²) in [6, 6.07) is 0. The van der Waals surface area contributed by atoms with E-state index in [0.717, 1.165) is 17.8 Å². The van der Waals surface area contributed by atoms with Gasteiger partial charge in [-0.3, -0.25) is 4.99 Å². The summed E-state index contributed by atoms with van der Waals surface area (Å²) < 4.78 is 0. The first-order valence-electron chi connectivity index (χ1n) is 4.20. The van der Waals surface area contributed by atoms with Crippen molar-refractivity contribution < 1.29 is 4.79 Å². The Morgan fingerprint density at radius 3 is 2.25 bits per heavy atom. The molecule has 2 heteroatoms. The first kappa shape index (κ1) is 11.1. The number of carbonyl (C=O) groups is 1. The second kappa shape index (κ2) is 5.70. The molecule has 0 saturated carbocycles. The third-order valence-electron chi connectivity index (χ3n) is 1.34. The lowest BCUT2D eigenvalue weighted by Gasteiger charge is -1.93. The molecule has 0 atom stereocenters. The van der Waals surface area contributed by atoms with Gasteiger partial charge in [-0.2, -0.15) is 0 Å². The van der Waals surface area contributed by atoms with Gasteiger partial charge in [0.25, 0.3) is 0 Å². The zero-order valence-corrected chi connectivity index (χ0v) is 8.35. The van der Waals surface area contributed by atoms with Crippen LogP contribution >= 0.6 is 0 Å². The molecule has 0 N–H and O–H groups in total. The highest BCUT2D eigenvalue weighted by Crippen LogP contribution is 2.00. The van der Waals surface area contributed by atoms with E-state index in [0.29, 0.717) is 6.42 Å². The molecule has 2 nitrogen and oxygen atoms in total. The van der Waals surface area contributed by atoms with Gasteiger partial charge in [-0.05, 0) is 34.1 Å². The number of ketones is 1. The van der Waals surface area contributed by atoms with Gasteiger partial charge in [0.2, 0.25) is 0 Å². The lowest BCUT2D eigenvalue weighted by Crippen LogP contribution is -1.87. The Balaban J connectivity index is 3.85. The van der Waals surface area contributed by atoms with E-state index in [1.807, 2.05) is 26.8 Å². The van der Waals surface area contributed by atoms with Crippen molar-refractivity contribution >= 4 is 11.5 Å². The van der Waals surface area contributed by atoms with Crippen molar-refractivity contribution in [3.05, 3.63) is 11.8 Å². The molecule has 0 heterocycles. The maximum absolute atomic E-state index is 10.6. The topological polar surface area (TPSA) is 29.4 Å². The van der Waals surface area contributed by atoms with Crippen molar-refractivity contribution in [3.63, 3.8) is 0 Å². The molecular weight excluding hydrogens is 150 g/mol. The fourth-order valence-corrected chi connectivity index (χ4v) is 0.883. The standard InChI is InChI=1S/C10H17NO/c1-8(2)11-9(3)6-5-7-10(4)12/h6H,5,7H2,1-4H3/b9-6+. The molecule has 12 heavy (non-hydrogen) atoms. The van der Waals surface area contributed by atoms with Crippen LogP contribution in [-0.2, 0) is 4.79 Å². The molecule has 0 aliphatic heterocycles. The normalized spacial score (nSPS) is 11.2. The van der Waals surface area contributed by atoms with Crippen LogP contribution in [0, 0.1) is 0 Å². The molecule has 68 valence electrons. The summed E-state index contributed by atoms with van der Waals surface area (Å²) in [5, 5.41) is 0. The molecule has 0 spiro atoms. The number of rotatable bonds is 4. The minimum atomic E-state index is 0.233. The number of aliphatic imine (C=N–C) groups is 1. The van der Waals surface area contributed by atoms with Crippen LogP contribution in [-0.4, -0.2) is 11.5 Å². The van der Waals surface area contributed by atoms with Crippen LogP contribution in [0.5, 0.6) is 0 Å². The largest absolute Gasteiger partial charge is 0.300 e. The molecule has 0 amide bonds. The van der Waals surface area contributed by atoms with E-state index < -0.39 is 0 Å². The molecular formula is C10H17NO. The molecule has 0 aliphatic rings. The fraction of sp³-hybridized carbons (Fsp3) is 0.600. The van der Waals surface area contributed by atoms with Crippen LogP contribution in [0.25, 0.3) is 0 Å². The Labute approximate surface area is 74.4 Å². The predicted octanol–water partition coefficient (Wildman–Crippen LogP) is 2.74. The Hall–Kier alpha value is -0.920. The molecule has 0 aliphatic carbocycles. The van der Waals surface area contributed by atoms with Gasteiger partial charge < -0.3 is 4.79 Å². The summed E-state index contributed by atoms with van der Waals surface area (Å²) in [6.45, 7) is 7.48. The highest BCUT2D eigenvalue weighted by atomic mass is 16.1. The molecule has 0 aromatic heterocycles. The lowest BCUT2D eigenvalue weighted by molar-refractivity contribution is -0.116. The van der Waals surface area contributed by atoms with Gasteiger partial charge >= 0.3 is 0 Å². The number of Topliss-reactive ketones (excluding diaryl/α,β-unsaturated/α-hetero) is 1. The van der Waals surface area contributed by atoms with Crippen LogP contribution in [0.3, 0.4) is 0 Å². The van der Waals surface area contributed by atoms with Gasteiger partial charge in [0.1, 0.15) is 5.78 Å². The number of nitrogens with zero attached hydrogens (tertiary/aromatic N) is 1. The molecule has 0 unspecified atom stereocenters. The van der Waals surface area contributed by atoms with Crippen molar-refractivity contribution in [3.8, 4) is 0 Å². The summed E-state index contributed by atoms with van der Waals surface area (Å²) >= 11 is 0. The average molecular weight is 167 g/mol. The van der Waals surface area contributed by atoms with Crippen molar-refractivity contribution in [1.82, 2.24) is 0 Å². The van der Waals surface area contributed by atoms with Crippen LogP contribution in [0.2, 0.25) is 0 Å². The van der Waals surface area contributed by atoms with Gasteiger partial charge in [0, 0.05) is 17.8 Å². The number of hydrogen-bond donors (Lipinski definition) is 0. The van der Waals surface area contributed by atoms with Crippen molar-refractivity contribution in [2.45, 2.75) is 40.5 Å². The molecule has 0 saturated heterocycles. The summed E-state index contributed by atoms with van der Waals surface area (Å²) in [4.78, 5) is 14.8. The smallest absolute Gasteiger partial charge is 0.130 e. The second-order valence-electron chi connectivity index (χ2n) is 3.15. The monoisotopic (exact) mass is 167 g/mol. The van der Waals surface area contributed by atoms with Gasteiger partial charge in [-0.1, -0.05) is 6.08 Å². The Bertz CT molecular complexity index is 210. The van der Waals surface area contributed by atoms with Gasteiger partial charge in [0.15, 0.2) is 0 Å². The highest BCUT2D eigenvalue weighted by Gasteiger charge is 1.90. The summed E-state index contributed by atoms with van der Waals surface area (Å²) in [7, 11) is 0. The maximum Gasteiger partial charge on any atom is 0.130 e. The number of allylic oxidation sites excluding steroid dienone is 2. The molecule has 0 radical (unpaired) electrons. The molecule has 0 bridgehead atoms. The van der Waals surface area contributed by atoms with Crippen molar-refractivity contribution in [2.24, 2.45) is 4.99 Å². The third-order valence-corrected chi connectivity index (χ3v) is 1.34. The molecule has 0 fully saturated rings. The van der Waals surface area contributed by atoms with Crippen LogP contribution in [0.4, 0.5) is 0 Å². The zero-order valence-electron chi connectivity index (χ0n) is 8.35. The fourth-order valence-electron chi connectivity index (χ4n) is 0.883. The molecule has 0 aromatic carbocycles. The minimum Gasteiger partial charge on any atom is -0.300 e. The lowest BCUT2D eigenvalue weighted by atomic mass is 10.2. The van der Waals surface area contributed by atoms with E-state index in [1.54, 1.807) is 6.92 Å². The van der Waals surface area contributed by atoms with E-state index in [4.69, 9.17) is 0 Å². The SMILES string of the molecule is CC(=O)CC/C=C(\C)N=C(C)C. The highest BCUT2D eigenvalue weighted by molar-refractivity contribution is 5.80. The Kier molecular flexibility index (Phi) is 5.26. The average Bonchev–Trinajstić information content (AvgIpc) is 1.84. The summed E-state index contributed by atoms with van der Waals surface area (Å²) in [5.41, 5.74) is 2.04. The van der Waals surface area contributed by atoms with Gasteiger partial charge in [-0.15, -0.1) is 0 Å². The van der Waals surface area contributed by atoms with Crippen LogP contribution < -0.4 is 0 Å². The Morgan fingerprint density at radius 1 is 1.25 bits per heavy atom.